The van der Waals surface area contributed by atoms with E-state index in [1.165, 1.54) is 0 Å². The number of anilines is 1. The Labute approximate surface area is 75.1 Å². The molecule has 2 N–H and O–H groups in total. The maximum atomic E-state index is 10.6. The molecule has 4 heteroatoms. The van der Waals surface area contributed by atoms with Crippen LogP contribution in [0.5, 0.6) is 0 Å². The van der Waals surface area contributed by atoms with E-state index in [0.29, 0.717) is 5.69 Å². The molecule has 0 saturated heterocycles. The molecule has 0 aliphatic rings. The summed E-state index contributed by atoms with van der Waals surface area (Å²) in [5.41, 5.74) is 1.49. The molecule has 0 aliphatic heterocycles. The normalized spacial score (nSPS) is 9.50. The predicted octanol–water partition coefficient (Wildman–Crippen LogP) is 2.26. The highest BCUT2D eigenvalue weighted by molar-refractivity contribution is 6.25. The molecule has 0 bridgehead atoms. The van der Waals surface area contributed by atoms with E-state index >= 15 is 0 Å². The first-order valence-corrected chi connectivity index (χ1v) is 3.73. The Morgan fingerprint density at radius 2 is 2.25 bits per heavy atom. The number of carboxylic acid groups (broad SMARTS) is 1. The van der Waals surface area contributed by atoms with Gasteiger partial charge in [0.2, 0.25) is 0 Å². The standard InChI is InChI=1S/C8H8ClNO2/c1-5-2-3-7(10-9)6(4-5)8(11)12/h2-4,10H,1H3,(H,11,12). The van der Waals surface area contributed by atoms with E-state index in [-0.39, 0.29) is 5.56 Å². The molecular weight excluding hydrogens is 178 g/mol. The molecule has 3 nitrogen and oxygen atoms in total. The average molecular weight is 186 g/mol. The maximum absolute atomic E-state index is 10.6. The molecule has 0 radical (unpaired) electrons. The average Bonchev–Trinajstić information content (AvgIpc) is 2.04. The second-order valence-electron chi connectivity index (χ2n) is 2.45. The zero-order valence-electron chi connectivity index (χ0n) is 6.47. The van der Waals surface area contributed by atoms with Crippen molar-refractivity contribution in [3.63, 3.8) is 0 Å². The van der Waals surface area contributed by atoms with Gasteiger partial charge in [0.15, 0.2) is 0 Å². The highest BCUT2D eigenvalue weighted by atomic mass is 35.5. The van der Waals surface area contributed by atoms with Crippen LogP contribution in [0.1, 0.15) is 15.9 Å². The predicted molar refractivity (Wildman–Crippen MR) is 47.6 cm³/mol. The number of halogens is 1. The molecule has 0 fully saturated rings. The number of benzene rings is 1. The number of carboxylic acids is 1. The second-order valence-corrected chi connectivity index (χ2v) is 2.64. The van der Waals surface area contributed by atoms with Gasteiger partial charge in [0.05, 0.1) is 11.3 Å². The van der Waals surface area contributed by atoms with Crippen LogP contribution in [0.25, 0.3) is 0 Å². The van der Waals surface area contributed by atoms with Crippen molar-refractivity contribution < 1.29 is 9.90 Å². The lowest BCUT2D eigenvalue weighted by Crippen LogP contribution is -2.00. The first-order valence-electron chi connectivity index (χ1n) is 3.35. The van der Waals surface area contributed by atoms with Crippen LogP contribution in [0.15, 0.2) is 18.2 Å². The zero-order valence-corrected chi connectivity index (χ0v) is 7.22. The van der Waals surface area contributed by atoms with E-state index in [9.17, 15) is 4.79 Å². The largest absolute Gasteiger partial charge is 0.478 e. The smallest absolute Gasteiger partial charge is 0.337 e. The van der Waals surface area contributed by atoms with Crippen LogP contribution in [0.2, 0.25) is 0 Å². The summed E-state index contributed by atoms with van der Waals surface area (Å²) in [4.78, 5) is 12.9. The number of nitrogens with one attached hydrogen (secondary N) is 1. The Bertz CT molecular complexity index is 312. The third-order valence-corrected chi connectivity index (χ3v) is 1.71. The van der Waals surface area contributed by atoms with Crippen molar-refractivity contribution in [2.24, 2.45) is 0 Å². The third-order valence-electron chi connectivity index (χ3n) is 1.51. The van der Waals surface area contributed by atoms with Crippen LogP contribution in [0, 0.1) is 6.92 Å². The maximum Gasteiger partial charge on any atom is 0.337 e. The van der Waals surface area contributed by atoms with E-state index < -0.39 is 5.97 Å². The Morgan fingerprint density at radius 3 is 2.75 bits per heavy atom. The van der Waals surface area contributed by atoms with Gasteiger partial charge in [-0.3, -0.25) is 4.84 Å². The lowest BCUT2D eigenvalue weighted by atomic mass is 10.1. The molecule has 0 saturated carbocycles. The Hall–Kier alpha value is -1.22. The molecule has 64 valence electrons. The summed E-state index contributed by atoms with van der Waals surface area (Å²) in [6.45, 7) is 1.82. The monoisotopic (exact) mass is 185 g/mol. The number of aromatic carboxylic acids is 1. The molecule has 1 rings (SSSR count). The van der Waals surface area contributed by atoms with Gasteiger partial charge in [0.25, 0.3) is 0 Å². The molecule has 0 heterocycles. The summed E-state index contributed by atoms with van der Waals surface area (Å²) in [7, 11) is 0. The van der Waals surface area contributed by atoms with Crippen LogP contribution in [-0.4, -0.2) is 11.1 Å². The Balaban J connectivity index is 3.21. The molecule has 0 unspecified atom stereocenters. The van der Waals surface area contributed by atoms with Crippen molar-refractivity contribution in [2.45, 2.75) is 6.92 Å². The number of rotatable bonds is 2. The topological polar surface area (TPSA) is 49.3 Å². The molecule has 1 aromatic rings. The molecule has 0 atom stereocenters. The van der Waals surface area contributed by atoms with Crippen molar-refractivity contribution in [1.29, 1.82) is 0 Å². The first kappa shape index (κ1) is 8.87. The minimum atomic E-state index is -0.984. The summed E-state index contributed by atoms with van der Waals surface area (Å²) in [6.07, 6.45) is 0. The van der Waals surface area contributed by atoms with Gasteiger partial charge in [0, 0.05) is 11.8 Å². The van der Waals surface area contributed by atoms with Crippen LogP contribution in [0.4, 0.5) is 5.69 Å². The summed E-state index contributed by atoms with van der Waals surface area (Å²) in [6, 6.07) is 4.98. The fraction of sp³-hybridized carbons (Fsp3) is 0.125. The lowest BCUT2D eigenvalue weighted by Gasteiger charge is -2.03. The van der Waals surface area contributed by atoms with Gasteiger partial charge in [0.1, 0.15) is 0 Å². The zero-order chi connectivity index (χ0) is 9.14. The number of carbonyl (C=O) groups is 1. The van der Waals surface area contributed by atoms with Gasteiger partial charge < -0.3 is 5.11 Å². The van der Waals surface area contributed by atoms with Gasteiger partial charge in [-0.05, 0) is 19.1 Å². The number of aryl methyl sites for hydroxylation is 1. The fourth-order valence-corrected chi connectivity index (χ4v) is 1.08. The highest BCUT2D eigenvalue weighted by Crippen LogP contribution is 2.17. The quantitative estimate of drug-likeness (QED) is 0.695. The summed E-state index contributed by atoms with van der Waals surface area (Å²) in [5.74, 6) is -0.984. The van der Waals surface area contributed by atoms with Gasteiger partial charge in [-0.25, -0.2) is 4.79 Å². The molecule has 0 spiro atoms. The molecule has 1 aromatic carbocycles. The summed E-state index contributed by atoms with van der Waals surface area (Å²) in [5, 5.41) is 8.72. The molecule has 0 aromatic heterocycles. The van der Waals surface area contributed by atoms with Crippen LogP contribution < -0.4 is 4.84 Å². The minimum absolute atomic E-state index is 0.185. The second kappa shape index (κ2) is 3.45. The van der Waals surface area contributed by atoms with Crippen molar-refractivity contribution >= 4 is 23.4 Å². The first-order chi connectivity index (χ1) is 5.65. The van der Waals surface area contributed by atoms with Crippen molar-refractivity contribution in [2.75, 3.05) is 4.84 Å². The van der Waals surface area contributed by atoms with E-state index in [1.807, 2.05) is 6.92 Å². The van der Waals surface area contributed by atoms with Crippen molar-refractivity contribution in [3.05, 3.63) is 29.3 Å². The Kier molecular flexibility index (Phi) is 2.55. The lowest BCUT2D eigenvalue weighted by molar-refractivity contribution is 0.0698. The molecule has 0 aliphatic carbocycles. The molecular formula is C8H8ClNO2. The highest BCUT2D eigenvalue weighted by Gasteiger charge is 2.08. The number of hydrogen-bond acceptors (Lipinski definition) is 2. The Morgan fingerprint density at radius 1 is 1.58 bits per heavy atom. The minimum Gasteiger partial charge on any atom is -0.478 e. The third kappa shape index (κ3) is 1.68. The summed E-state index contributed by atoms with van der Waals surface area (Å²) < 4.78 is 0. The van der Waals surface area contributed by atoms with Gasteiger partial charge >= 0.3 is 5.97 Å². The number of hydrogen-bond donors (Lipinski definition) is 2. The van der Waals surface area contributed by atoms with Crippen LogP contribution >= 0.6 is 11.8 Å². The van der Waals surface area contributed by atoms with Gasteiger partial charge in [-0.2, -0.15) is 0 Å². The van der Waals surface area contributed by atoms with E-state index in [0.717, 1.165) is 5.56 Å². The van der Waals surface area contributed by atoms with E-state index in [1.54, 1.807) is 18.2 Å². The molecule has 0 amide bonds. The van der Waals surface area contributed by atoms with Gasteiger partial charge in [-0.1, -0.05) is 11.6 Å². The molecule has 12 heavy (non-hydrogen) atoms. The van der Waals surface area contributed by atoms with Gasteiger partial charge in [-0.15, -0.1) is 0 Å². The SMILES string of the molecule is Cc1ccc(NCl)c(C(=O)O)c1. The van der Waals surface area contributed by atoms with Crippen LogP contribution in [-0.2, 0) is 0 Å². The van der Waals surface area contributed by atoms with Crippen molar-refractivity contribution in [1.82, 2.24) is 0 Å². The van der Waals surface area contributed by atoms with Crippen molar-refractivity contribution in [3.8, 4) is 0 Å². The summed E-state index contributed by atoms with van der Waals surface area (Å²) >= 11 is 5.32. The fourth-order valence-electron chi connectivity index (χ4n) is 0.917. The van der Waals surface area contributed by atoms with E-state index in [2.05, 4.69) is 4.84 Å². The van der Waals surface area contributed by atoms with E-state index in [4.69, 9.17) is 16.9 Å². The van der Waals surface area contributed by atoms with Crippen LogP contribution in [0.3, 0.4) is 0 Å².